The zero-order valence-electron chi connectivity index (χ0n) is 10.8. The first-order chi connectivity index (χ1) is 9.26. The molecule has 8 nitrogen and oxygen atoms in total. The van der Waals surface area contributed by atoms with E-state index in [2.05, 4.69) is 10.0 Å². The molecule has 0 radical (unpaired) electrons. The Kier molecular flexibility index (Phi) is 5.19. The monoisotopic (exact) mass is 300 g/mol. The molecule has 0 aliphatic rings. The predicted molar refractivity (Wildman–Crippen MR) is 73.1 cm³/mol. The predicted octanol–water partition coefficient (Wildman–Crippen LogP) is -1.26. The number of rotatable bonds is 6. The summed E-state index contributed by atoms with van der Waals surface area (Å²) in [7, 11) is -2.22. The van der Waals surface area contributed by atoms with Crippen molar-refractivity contribution in [3.63, 3.8) is 0 Å². The third-order valence-electron chi connectivity index (χ3n) is 2.46. The zero-order chi connectivity index (χ0) is 15.3. The molecule has 110 valence electrons. The number of carbonyl (C=O) groups excluding carboxylic acids is 2. The van der Waals surface area contributed by atoms with Crippen LogP contribution in [0.1, 0.15) is 6.42 Å². The molecule has 0 aliphatic carbocycles. The van der Waals surface area contributed by atoms with Crippen molar-refractivity contribution in [1.82, 2.24) is 4.72 Å². The first-order valence-electron chi connectivity index (χ1n) is 5.64. The molecule has 1 unspecified atom stereocenters. The summed E-state index contributed by atoms with van der Waals surface area (Å²) in [6, 6.07) is 4.45. The summed E-state index contributed by atoms with van der Waals surface area (Å²) >= 11 is 0. The fourth-order valence-electron chi connectivity index (χ4n) is 1.38. The van der Waals surface area contributed by atoms with Gasteiger partial charge in [0.05, 0.1) is 17.4 Å². The van der Waals surface area contributed by atoms with Crippen molar-refractivity contribution in [1.29, 1.82) is 0 Å². The SMILES string of the molecule is CNS(=O)(=O)c1ccc(NC(=O)C(N)CC(N)=O)cc1. The molecule has 0 aliphatic heterocycles. The Morgan fingerprint density at radius 1 is 1.25 bits per heavy atom. The van der Waals surface area contributed by atoms with Crippen molar-refractivity contribution in [2.45, 2.75) is 17.4 Å². The van der Waals surface area contributed by atoms with Gasteiger partial charge in [-0.3, -0.25) is 9.59 Å². The van der Waals surface area contributed by atoms with Gasteiger partial charge in [0.25, 0.3) is 0 Å². The van der Waals surface area contributed by atoms with E-state index in [-0.39, 0.29) is 11.3 Å². The van der Waals surface area contributed by atoms with Gasteiger partial charge in [0.1, 0.15) is 0 Å². The maximum absolute atomic E-state index is 11.6. The zero-order valence-corrected chi connectivity index (χ0v) is 11.6. The quantitative estimate of drug-likeness (QED) is 0.518. The standard InChI is InChI=1S/C11H16N4O4S/c1-14-20(18,19)8-4-2-7(3-5-8)15-11(17)9(12)6-10(13)16/h2-5,9,14H,6,12H2,1H3,(H2,13,16)(H,15,17). The highest BCUT2D eigenvalue weighted by Gasteiger charge is 2.16. The van der Waals surface area contributed by atoms with Crippen LogP contribution >= 0.6 is 0 Å². The number of hydrogen-bond acceptors (Lipinski definition) is 5. The van der Waals surface area contributed by atoms with E-state index in [4.69, 9.17) is 11.5 Å². The van der Waals surface area contributed by atoms with Gasteiger partial charge in [-0.1, -0.05) is 0 Å². The van der Waals surface area contributed by atoms with Gasteiger partial charge in [-0.2, -0.15) is 0 Å². The van der Waals surface area contributed by atoms with Gasteiger partial charge in [0.15, 0.2) is 0 Å². The molecule has 0 spiro atoms. The molecule has 20 heavy (non-hydrogen) atoms. The minimum absolute atomic E-state index is 0.0689. The summed E-state index contributed by atoms with van der Waals surface area (Å²) in [4.78, 5) is 22.3. The molecule has 0 saturated carbocycles. The highest BCUT2D eigenvalue weighted by Crippen LogP contribution is 2.13. The Morgan fingerprint density at radius 3 is 2.25 bits per heavy atom. The molecule has 1 atom stereocenters. The van der Waals surface area contributed by atoms with Crippen molar-refractivity contribution >= 4 is 27.5 Å². The third-order valence-corrected chi connectivity index (χ3v) is 3.89. The van der Waals surface area contributed by atoms with Gasteiger partial charge in [0, 0.05) is 5.69 Å². The van der Waals surface area contributed by atoms with Crippen molar-refractivity contribution < 1.29 is 18.0 Å². The fraction of sp³-hybridized carbons (Fsp3) is 0.273. The molecule has 9 heteroatoms. The molecule has 1 rings (SSSR count). The topological polar surface area (TPSA) is 144 Å². The molecule has 0 fully saturated rings. The van der Waals surface area contributed by atoms with Gasteiger partial charge in [-0.15, -0.1) is 0 Å². The van der Waals surface area contributed by atoms with Gasteiger partial charge in [0.2, 0.25) is 21.8 Å². The van der Waals surface area contributed by atoms with Crippen molar-refractivity contribution in [3.05, 3.63) is 24.3 Å². The number of sulfonamides is 1. The summed E-state index contributed by atoms with van der Waals surface area (Å²) in [5.74, 6) is -1.25. The maximum Gasteiger partial charge on any atom is 0.241 e. The fourth-order valence-corrected chi connectivity index (χ4v) is 2.11. The molecular formula is C11H16N4O4S. The van der Waals surface area contributed by atoms with Crippen molar-refractivity contribution in [2.75, 3.05) is 12.4 Å². The summed E-state index contributed by atoms with van der Waals surface area (Å²) in [5.41, 5.74) is 10.8. The molecule has 0 saturated heterocycles. The number of nitrogens with two attached hydrogens (primary N) is 2. The lowest BCUT2D eigenvalue weighted by Crippen LogP contribution is -2.38. The third kappa shape index (κ3) is 4.30. The number of amides is 2. The summed E-state index contributed by atoms with van der Waals surface area (Å²) in [5, 5.41) is 2.46. The lowest BCUT2D eigenvalue weighted by Gasteiger charge is -2.11. The average Bonchev–Trinajstić information content (AvgIpc) is 2.38. The summed E-state index contributed by atoms with van der Waals surface area (Å²) in [6.07, 6.45) is -0.266. The van der Waals surface area contributed by atoms with E-state index in [1.165, 1.54) is 31.3 Å². The Hall–Kier alpha value is -1.97. The minimum Gasteiger partial charge on any atom is -0.370 e. The van der Waals surface area contributed by atoms with Crippen LogP contribution in [0.15, 0.2) is 29.2 Å². The van der Waals surface area contributed by atoms with Gasteiger partial charge in [-0.25, -0.2) is 13.1 Å². The van der Waals surface area contributed by atoms with Crippen LogP contribution in [0.5, 0.6) is 0 Å². The van der Waals surface area contributed by atoms with Crippen LogP contribution in [-0.4, -0.2) is 33.3 Å². The van der Waals surface area contributed by atoms with Crippen LogP contribution in [0.4, 0.5) is 5.69 Å². The summed E-state index contributed by atoms with van der Waals surface area (Å²) in [6.45, 7) is 0. The van der Waals surface area contributed by atoms with Crippen LogP contribution in [0.3, 0.4) is 0 Å². The van der Waals surface area contributed by atoms with E-state index >= 15 is 0 Å². The molecule has 6 N–H and O–H groups in total. The average molecular weight is 300 g/mol. The maximum atomic E-state index is 11.6. The van der Waals surface area contributed by atoms with Gasteiger partial charge < -0.3 is 16.8 Å². The van der Waals surface area contributed by atoms with E-state index in [1.54, 1.807) is 0 Å². The molecule has 2 amide bonds. The highest BCUT2D eigenvalue weighted by atomic mass is 32.2. The number of anilines is 1. The van der Waals surface area contributed by atoms with Crippen molar-refractivity contribution in [2.24, 2.45) is 11.5 Å². The Morgan fingerprint density at radius 2 is 1.80 bits per heavy atom. The highest BCUT2D eigenvalue weighted by molar-refractivity contribution is 7.89. The second kappa shape index (κ2) is 6.46. The van der Waals surface area contributed by atoms with Gasteiger partial charge in [-0.05, 0) is 31.3 Å². The van der Waals surface area contributed by atoms with E-state index in [1.807, 2.05) is 0 Å². The van der Waals surface area contributed by atoms with Crippen LogP contribution in [0.25, 0.3) is 0 Å². The molecule has 1 aromatic carbocycles. The Labute approximate surface area is 116 Å². The van der Waals surface area contributed by atoms with E-state index in [0.717, 1.165) is 0 Å². The largest absolute Gasteiger partial charge is 0.370 e. The molecule has 0 aromatic heterocycles. The number of benzene rings is 1. The Bertz CT molecular complexity index is 597. The first-order valence-corrected chi connectivity index (χ1v) is 7.13. The van der Waals surface area contributed by atoms with Crippen molar-refractivity contribution in [3.8, 4) is 0 Å². The van der Waals surface area contributed by atoms with Crippen LogP contribution in [0.2, 0.25) is 0 Å². The number of carbonyl (C=O) groups is 2. The van der Waals surface area contributed by atoms with Crippen LogP contribution in [0, 0.1) is 0 Å². The molecule has 0 bridgehead atoms. The van der Waals surface area contributed by atoms with E-state index in [0.29, 0.717) is 5.69 Å². The first kappa shape index (κ1) is 16.1. The van der Waals surface area contributed by atoms with Crippen LogP contribution in [-0.2, 0) is 19.6 Å². The number of primary amides is 1. The van der Waals surface area contributed by atoms with Gasteiger partial charge >= 0.3 is 0 Å². The second-order valence-electron chi connectivity index (χ2n) is 4.00. The summed E-state index contributed by atoms with van der Waals surface area (Å²) < 4.78 is 25.2. The minimum atomic E-state index is -3.52. The molecule has 1 aromatic rings. The number of nitrogens with one attached hydrogen (secondary N) is 2. The lowest BCUT2D eigenvalue weighted by atomic mass is 10.2. The van der Waals surface area contributed by atoms with E-state index < -0.39 is 27.9 Å². The second-order valence-corrected chi connectivity index (χ2v) is 5.88. The Balaban J connectivity index is 2.76. The smallest absolute Gasteiger partial charge is 0.241 e. The normalized spacial score (nSPS) is 12.7. The lowest BCUT2D eigenvalue weighted by molar-refractivity contribution is -0.123. The molecular weight excluding hydrogens is 284 g/mol. The van der Waals surface area contributed by atoms with E-state index in [9.17, 15) is 18.0 Å². The van der Waals surface area contributed by atoms with Crippen LogP contribution < -0.4 is 21.5 Å². The molecule has 0 heterocycles. The number of hydrogen-bond donors (Lipinski definition) is 4.